The SMILES string of the molecule is CCOC(=O)C(C)(C)Oc1cc(/C=C/c2ccc(OC)cc2)cc(OC)c1. The lowest BCUT2D eigenvalue weighted by Gasteiger charge is -2.24. The Hall–Kier alpha value is -2.95. The van der Waals surface area contributed by atoms with E-state index in [1.54, 1.807) is 41.1 Å². The zero-order valence-corrected chi connectivity index (χ0v) is 16.4. The predicted molar refractivity (Wildman–Crippen MR) is 106 cm³/mol. The number of rotatable bonds is 8. The molecule has 0 spiro atoms. The van der Waals surface area contributed by atoms with E-state index in [1.165, 1.54) is 0 Å². The van der Waals surface area contributed by atoms with Gasteiger partial charge in [0.15, 0.2) is 5.60 Å². The number of carbonyl (C=O) groups excluding carboxylic acids is 1. The molecule has 0 unspecified atom stereocenters. The molecule has 0 N–H and O–H groups in total. The van der Waals surface area contributed by atoms with E-state index in [9.17, 15) is 4.79 Å². The second-order valence-corrected chi connectivity index (χ2v) is 6.38. The molecule has 0 amide bonds. The van der Waals surface area contributed by atoms with E-state index >= 15 is 0 Å². The fourth-order valence-electron chi connectivity index (χ4n) is 2.42. The van der Waals surface area contributed by atoms with Crippen LogP contribution in [0.15, 0.2) is 42.5 Å². The van der Waals surface area contributed by atoms with Gasteiger partial charge in [0, 0.05) is 6.07 Å². The number of esters is 1. The summed E-state index contributed by atoms with van der Waals surface area (Å²) in [6.07, 6.45) is 3.93. The van der Waals surface area contributed by atoms with Crippen LogP contribution in [0.1, 0.15) is 31.9 Å². The molecule has 5 heteroatoms. The topological polar surface area (TPSA) is 54.0 Å². The van der Waals surface area contributed by atoms with Crippen LogP contribution in [0.25, 0.3) is 12.2 Å². The predicted octanol–water partition coefficient (Wildman–Crippen LogP) is 4.59. The van der Waals surface area contributed by atoms with Crippen LogP contribution in [-0.2, 0) is 9.53 Å². The number of hydrogen-bond donors (Lipinski definition) is 0. The summed E-state index contributed by atoms with van der Waals surface area (Å²) in [4.78, 5) is 12.1. The Morgan fingerprint density at radius 3 is 2.07 bits per heavy atom. The molecule has 2 aromatic carbocycles. The van der Waals surface area contributed by atoms with Gasteiger partial charge in [0.05, 0.1) is 20.8 Å². The minimum Gasteiger partial charge on any atom is -0.497 e. The molecule has 0 saturated carbocycles. The first-order valence-corrected chi connectivity index (χ1v) is 8.75. The summed E-state index contributed by atoms with van der Waals surface area (Å²) < 4.78 is 21.5. The molecular formula is C22H26O5. The summed E-state index contributed by atoms with van der Waals surface area (Å²) in [6, 6.07) is 13.2. The lowest BCUT2D eigenvalue weighted by Crippen LogP contribution is -2.39. The minimum atomic E-state index is -1.10. The number of hydrogen-bond acceptors (Lipinski definition) is 5. The van der Waals surface area contributed by atoms with Crippen LogP contribution in [0.2, 0.25) is 0 Å². The second-order valence-electron chi connectivity index (χ2n) is 6.38. The summed E-state index contributed by atoms with van der Waals surface area (Å²) >= 11 is 0. The van der Waals surface area contributed by atoms with E-state index in [2.05, 4.69) is 0 Å². The van der Waals surface area contributed by atoms with E-state index in [0.29, 0.717) is 18.1 Å². The fraction of sp³-hybridized carbons (Fsp3) is 0.318. The first-order valence-electron chi connectivity index (χ1n) is 8.75. The summed E-state index contributed by atoms with van der Waals surface area (Å²) in [5.74, 6) is 1.57. The van der Waals surface area contributed by atoms with Gasteiger partial charge in [0.1, 0.15) is 17.2 Å². The first-order chi connectivity index (χ1) is 12.9. The highest BCUT2D eigenvalue weighted by atomic mass is 16.6. The van der Waals surface area contributed by atoms with Crippen molar-refractivity contribution in [1.29, 1.82) is 0 Å². The van der Waals surface area contributed by atoms with E-state index in [4.69, 9.17) is 18.9 Å². The molecule has 0 aliphatic heterocycles. The molecule has 27 heavy (non-hydrogen) atoms. The Kier molecular flexibility index (Phi) is 6.88. The highest BCUT2D eigenvalue weighted by Gasteiger charge is 2.31. The van der Waals surface area contributed by atoms with Gasteiger partial charge in [-0.15, -0.1) is 0 Å². The molecule has 0 atom stereocenters. The zero-order chi connectivity index (χ0) is 19.9. The zero-order valence-electron chi connectivity index (χ0n) is 16.4. The van der Waals surface area contributed by atoms with E-state index in [0.717, 1.165) is 16.9 Å². The Balaban J connectivity index is 2.23. The van der Waals surface area contributed by atoms with Crippen LogP contribution in [-0.4, -0.2) is 32.4 Å². The van der Waals surface area contributed by atoms with Gasteiger partial charge < -0.3 is 18.9 Å². The average Bonchev–Trinajstić information content (AvgIpc) is 2.66. The summed E-state index contributed by atoms with van der Waals surface area (Å²) in [7, 11) is 3.23. The van der Waals surface area contributed by atoms with Crippen LogP contribution in [0.5, 0.6) is 17.2 Å². The van der Waals surface area contributed by atoms with Gasteiger partial charge in [0.25, 0.3) is 0 Å². The van der Waals surface area contributed by atoms with Crippen molar-refractivity contribution < 1.29 is 23.7 Å². The maximum absolute atomic E-state index is 12.1. The molecule has 0 aromatic heterocycles. The third-order valence-corrected chi connectivity index (χ3v) is 3.86. The van der Waals surface area contributed by atoms with Gasteiger partial charge in [-0.05, 0) is 56.2 Å². The molecule has 144 valence electrons. The third kappa shape index (κ3) is 5.78. The van der Waals surface area contributed by atoms with Gasteiger partial charge in [-0.25, -0.2) is 4.79 Å². The van der Waals surface area contributed by atoms with E-state index < -0.39 is 11.6 Å². The Labute approximate surface area is 160 Å². The second kappa shape index (κ2) is 9.12. The molecule has 0 aliphatic carbocycles. The molecular weight excluding hydrogens is 344 g/mol. The van der Waals surface area contributed by atoms with E-state index in [-0.39, 0.29) is 0 Å². The van der Waals surface area contributed by atoms with Crippen molar-refractivity contribution in [2.24, 2.45) is 0 Å². The molecule has 0 saturated heterocycles. The van der Waals surface area contributed by atoms with Gasteiger partial charge in [-0.3, -0.25) is 0 Å². The number of methoxy groups -OCH3 is 2. The normalized spacial score (nSPS) is 11.3. The maximum atomic E-state index is 12.1. The molecule has 5 nitrogen and oxygen atoms in total. The van der Waals surface area contributed by atoms with Crippen LogP contribution in [0, 0.1) is 0 Å². The largest absolute Gasteiger partial charge is 0.497 e. The molecule has 0 fully saturated rings. The number of carbonyl (C=O) groups is 1. The summed E-state index contributed by atoms with van der Waals surface area (Å²) in [5, 5.41) is 0. The summed E-state index contributed by atoms with van der Waals surface area (Å²) in [5.41, 5.74) is 0.826. The quantitative estimate of drug-likeness (QED) is 0.502. The van der Waals surface area contributed by atoms with Gasteiger partial charge in [-0.1, -0.05) is 24.3 Å². The lowest BCUT2D eigenvalue weighted by molar-refractivity contribution is -0.158. The highest BCUT2D eigenvalue weighted by molar-refractivity contribution is 5.79. The molecule has 2 aromatic rings. The van der Waals surface area contributed by atoms with Gasteiger partial charge in [-0.2, -0.15) is 0 Å². The number of benzene rings is 2. The van der Waals surface area contributed by atoms with Crippen LogP contribution < -0.4 is 14.2 Å². The molecule has 0 aliphatic rings. The first kappa shape index (κ1) is 20.4. The molecule has 2 rings (SSSR count). The fourth-order valence-corrected chi connectivity index (χ4v) is 2.42. The number of ether oxygens (including phenoxy) is 4. The van der Waals surface area contributed by atoms with Gasteiger partial charge in [0.2, 0.25) is 0 Å². The molecule has 0 bridgehead atoms. The van der Waals surface area contributed by atoms with Crippen molar-refractivity contribution in [2.45, 2.75) is 26.4 Å². The van der Waals surface area contributed by atoms with Crippen LogP contribution >= 0.6 is 0 Å². The van der Waals surface area contributed by atoms with Gasteiger partial charge >= 0.3 is 5.97 Å². The van der Waals surface area contributed by atoms with Crippen molar-refractivity contribution in [3.8, 4) is 17.2 Å². The Morgan fingerprint density at radius 1 is 0.889 bits per heavy atom. The summed E-state index contributed by atoms with van der Waals surface area (Å²) in [6.45, 7) is 5.43. The van der Waals surface area contributed by atoms with Crippen molar-refractivity contribution in [3.05, 3.63) is 53.6 Å². The smallest absolute Gasteiger partial charge is 0.349 e. The lowest BCUT2D eigenvalue weighted by atomic mass is 10.1. The van der Waals surface area contributed by atoms with Crippen LogP contribution in [0.4, 0.5) is 0 Å². The Bertz CT molecular complexity index is 791. The van der Waals surface area contributed by atoms with Crippen LogP contribution in [0.3, 0.4) is 0 Å². The maximum Gasteiger partial charge on any atom is 0.349 e. The molecule has 0 radical (unpaired) electrons. The van der Waals surface area contributed by atoms with Crippen molar-refractivity contribution in [3.63, 3.8) is 0 Å². The average molecular weight is 370 g/mol. The monoisotopic (exact) mass is 370 g/mol. The Morgan fingerprint density at radius 2 is 1.48 bits per heavy atom. The third-order valence-electron chi connectivity index (χ3n) is 3.86. The molecule has 0 heterocycles. The van der Waals surface area contributed by atoms with E-state index in [1.807, 2.05) is 48.6 Å². The standard InChI is InChI=1S/C22H26O5/c1-6-26-21(23)22(2,3)27-20-14-17(13-19(15-20)25-5)8-7-16-9-11-18(24-4)12-10-16/h7-15H,6H2,1-5H3/b8-7+. The van der Waals surface area contributed by atoms with Crippen molar-refractivity contribution >= 4 is 18.1 Å². The van der Waals surface area contributed by atoms with Crippen molar-refractivity contribution in [1.82, 2.24) is 0 Å². The van der Waals surface area contributed by atoms with Crippen molar-refractivity contribution in [2.75, 3.05) is 20.8 Å². The minimum absolute atomic E-state index is 0.305. The highest BCUT2D eigenvalue weighted by Crippen LogP contribution is 2.28.